The second-order valence-electron chi connectivity index (χ2n) is 7.64. The number of rotatable bonds is 10. The minimum absolute atomic E-state index is 0.00229. The predicted molar refractivity (Wildman–Crippen MR) is 153 cm³/mol. The van der Waals surface area contributed by atoms with Gasteiger partial charge in [-0.15, -0.1) is 20.4 Å². The number of carbonyl (C=O) groups excluding carboxylic acids is 3. The van der Waals surface area contributed by atoms with Gasteiger partial charge < -0.3 is 0 Å². The van der Waals surface area contributed by atoms with E-state index in [2.05, 4.69) is 31.0 Å². The number of hydrogen-bond acceptors (Lipinski definition) is 11. The van der Waals surface area contributed by atoms with E-state index in [9.17, 15) is 14.4 Å². The summed E-state index contributed by atoms with van der Waals surface area (Å²) in [7, 11) is 0. The van der Waals surface area contributed by atoms with E-state index in [1.165, 1.54) is 46.2 Å². The number of fused-ring (bicyclic) bond motifs is 1. The van der Waals surface area contributed by atoms with Gasteiger partial charge in [0.2, 0.25) is 16.2 Å². The van der Waals surface area contributed by atoms with E-state index in [0.29, 0.717) is 30.1 Å². The number of amides is 2. The van der Waals surface area contributed by atoms with Gasteiger partial charge in [-0.25, -0.2) is 0 Å². The molecular formula is C25H18N6O3S4. The first-order valence-corrected chi connectivity index (χ1v) is 14.8. The molecule has 2 amide bonds. The second kappa shape index (κ2) is 12.3. The second-order valence-corrected chi connectivity index (χ2v) is 12.0. The van der Waals surface area contributed by atoms with Crippen LogP contribution in [0.3, 0.4) is 0 Å². The summed E-state index contributed by atoms with van der Waals surface area (Å²) in [5.74, 6) is -0.237. The first-order chi connectivity index (χ1) is 18.5. The Kier molecular flexibility index (Phi) is 8.38. The molecule has 0 aliphatic carbocycles. The van der Waals surface area contributed by atoms with Crippen molar-refractivity contribution < 1.29 is 14.4 Å². The van der Waals surface area contributed by atoms with Gasteiger partial charge >= 0.3 is 0 Å². The quantitative estimate of drug-likeness (QED) is 0.125. The molecule has 0 aliphatic rings. The highest BCUT2D eigenvalue weighted by molar-refractivity contribution is 8.02. The summed E-state index contributed by atoms with van der Waals surface area (Å²) < 4.78 is 1.13. The van der Waals surface area contributed by atoms with Crippen molar-refractivity contribution in [3.8, 4) is 0 Å². The number of carbonyl (C=O) groups is 3. The number of nitrogens with one attached hydrogen (secondary N) is 2. The monoisotopic (exact) mass is 578 g/mol. The summed E-state index contributed by atoms with van der Waals surface area (Å²) in [6.45, 7) is 0. The number of hydrogen-bond donors (Lipinski definition) is 2. The largest absolute Gasteiger partial charge is 0.300 e. The van der Waals surface area contributed by atoms with Gasteiger partial charge in [-0.2, -0.15) is 0 Å². The van der Waals surface area contributed by atoms with Gasteiger partial charge in [0, 0.05) is 11.1 Å². The van der Waals surface area contributed by atoms with Crippen LogP contribution in [0.5, 0.6) is 0 Å². The van der Waals surface area contributed by atoms with Gasteiger partial charge in [0.1, 0.15) is 0 Å². The standard InChI is InChI=1S/C25H18N6O3S4/c32-19(16-8-2-1-3-9-16)13-35-24-30-28-22(37-24)26-20(33)14-36-25-31-29-23(38-25)27-21(34)18-12-6-10-15-7-4-5-11-17(15)18/h1-12H,13-14H2,(H,26,28,33)(H,27,29,34). The maximum atomic E-state index is 12.8. The van der Waals surface area contributed by atoms with Crippen molar-refractivity contribution >= 4 is 84.8 Å². The summed E-state index contributed by atoms with van der Waals surface area (Å²) in [4.78, 5) is 37.4. The molecule has 0 radical (unpaired) electrons. The lowest BCUT2D eigenvalue weighted by Crippen LogP contribution is -2.13. The van der Waals surface area contributed by atoms with E-state index in [4.69, 9.17) is 0 Å². The first kappa shape index (κ1) is 26.0. The molecule has 0 saturated heterocycles. The van der Waals surface area contributed by atoms with Gasteiger partial charge in [-0.1, -0.05) is 113 Å². The third-order valence-corrected chi connectivity index (χ3v) is 9.01. The van der Waals surface area contributed by atoms with E-state index in [1.54, 1.807) is 18.2 Å². The van der Waals surface area contributed by atoms with E-state index in [1.807, 2.05) is 54.6 Å². The van der Waals surface area contributed by atoms with E-state index in [-0.39, 0.29) is 29.1 Å². The fraction of sp³-hybridized carbons (Fsp3) is 0.0800. The Morgan fingerprint density at radius 1 is 0.684 bits per heavy atom. The number of anilines is 2. The minimum Gasteiger partial charge on any atom is -0.300 e. The number of Topliss-reactive ketones (excluding diaryl/α,β-unsaturated/α-hetero) is 1. The number of benzene rings is 3. The van der Waals surface area contributed by atoms with Crippen molar-refractivity contribution in [3.05, 3.63) is 83.9 Å². The minimum atomic E-state index is -0.278. The number of ketones is 1. The predicted octanol–water partition coefficient (Wildman–Crippen LogP) is 5.50. The lowest BCUT2D eigenvalue weighted by molar-refractivity contribution is -0.113. The lowest BCUT2D eigenvalue weighted by Gasteiger charge is -2.05. The van der Waals surface area contributed by atoms with Crippen LogP contribution in [0, 0.1) is 0 Å². The molecule has 0 saturated carbocycles. The summed E-state index contributed by atoms with van der Waals surface area (Å²) in [6.07, 6.45) is 0. The average Bonchev–Trinajstić information content (AvgIpc) is 3.59. The Hall–Kier alpha value is -3.65. The summed E-state index contributed by atoms with van der Waals surface area (Å²) in [6, 6.07) is 22.2. The van der Waals surface area contributed by atoms with E-state index in [0.717, 1.165) is 10.8 Å². The Labute approximate surface area is 233 Å². The van der Waals surface area contributed by atoms with Crippen LogP contribution in [0.15, 0.2) is 81.5 Å². The number of aromatic nitrogens is 4. The maximum Gasteiger partial charge on any atom is 0.258 e. The van der Waals surface area contributed by atoms with Crippen LogP contribution in [0.25, 0.3) is 10.8 Å². The van der Waals surface area contributed by atoms with Gasteiger partial charge in [-0.3, -0.25) is 25.0 Å². The van der Waals surface area contributed by atoms with Gasteiger partial charge in [0.25, 0.3) is 5.91 Å². The van der Waals surface area contributed by atoms with Crippen LogP contribution >= 0.6 is 46.2 Å². The third kappa shape index (κ3) is 6.61. The molecular weight excluding hydrogens is 561 g/mol. The first-order valence-electron chi connectivity index (χ1n) is 11.1. The van der Waals surface area contributed by atoms with Crippen LogP contribution < -0.4 is 10.6 Å². The lowest BCUT2D eigenvalue weighted by atomic mass is 10.0. The highest BCUT2D eigenvalue weighted by atomic mass is 32.2. The molecule has 2 heterocycles. The Morgan fingerprint density at radius 2 is 1.32 bits per heavy atom. The van der Waals surface area contributed by atoms with E-state index >= 15 is 0 Å². The molecule has 9 nitrogen and oxygen atoms in total. The van der Waals surface area contributed by atoms with Crippen LogP contribution in [0.1, 0.15) is 20.7 Å². The van der Waals surface area contributed by atoms with Crippen molar-refractivity contribution in [2.75, 3.05) is 22.1 Å². The molecule has 2 aromatic heterocycles. The molecule has 0 atom stereocenters. The van der Waals surface area contributed by atoms with E-state index < -0.39 is 0 Å². The molecule has 5 rings (SSSR count). The molecule has 0 aliphatic heterocycles. The number of thioether (sulfide) groups is 2. The molecule has 13 heteroatoms. The van der Waals surface area contributed by atoms with Crippen LogP contribution in [-0.4, -0.2) is 49.5 Å². The van der Waals surface area contributed by atoms with Crippen molar-refractivity contribution in [1.82, 2.24) is 20.4 Å². The molecule has 0 spiro atoms. The SMILES string of the molecule is O=C(CSc1nnc(NC(=O)c2cccc3ccccc23)s1)Nc1nnc(SCC(=O)c2ccccc2)s1. The highest BCUT2D eigenvalue weighted by Crippen LogP contribution is 2.28. The maximum absolute atomic E-state index is 12.8. The summed E-state index contributed by atoms with van der Waals surface area (Å²) in [5, 5.41) is 24.1. The molecule has 190 valence electrons. The fourth-order valence-electron chi connectivity index (χ4n) is 3.34. The van der Waals surface area contributed by atoms with Crippen molar-refractivity contribution in [1.29, 1.82) is 0 Å². The number of nitrogens with zero attached hydrogens (tertiary/aromatic N) is 4. The van der Waals surface area contributed by atoms with Crippen molar-refractivity contribution in [2.45, 2.75) is 8.68 Å². The van der Waals surface area contributed by atoms with Gasteiger partial charge in [0.05, 0.1) is 11.5 Å². The fourth-order valence-corrected chi connectivity index (χ4v) is 6.55. The summed E-state index contributed by atoms with van der Waals surface area (Å²) in [5.41, 5.74) is 1.19. The normalized spacial score (nSPS) is 10.8. The Bertz CT molecular complexity index is 1600. The molecule has 0 unspecified atom stereocenters. The average molecular weight is 579 g/mol. The molecule has 2 N–H and O–H groups in total. The Balaban J connectivity index is 1.09. The zero-order valence-corrected chi connectivity index (χ0v) is 22.8. The molecule has 38 heavy (non-hydrogen) atoms. The van der Waals surface area contributed by atoms with Crippen LogP contribution in [0.4, 0.5) is 10.3 Å². The van der Waals surface area contributed by atoms with Crippen molar-refractivity contribution in [3.63, 3.8) is 0 Å². The van der Waals surface area contributed by atoms with Crippen LogP contribution in [-0.2, 0) is 4.79 Å². The summed E-state index contributed by atoms with van der Waals surface area (Å²) >= 11 is 4.87. The molecule has 0 fully saturated rings. The smallest absolute Gasteiger partial charge is 0.258 e. The van der Waals surface area contributed by atoms with Crippen LogP contribution in [0.2, 0.25) is 0 Å². The van der Waals surface area contributed by atoms with Gasteiger partial charge in [0.15, 0.2) is 14.5 Å². The zero-order valence-electron chi connectivity index (χ0n) is 19.5. The third-order valence-electron chi connectivity index (χ3n) is 5.06. The van der Waals surface area contributed by atoms with Crippen molar-refractivity contribution in [2.24, 2.45) is 0 Å². The zero-order chi connectivity index (χ0) is 26.3. The van der Waals surface area contributed by atoms with Gasteiger partial charge in [-0.05, 0) is 16.8 Å². The Morgan fingerprint density at radius 3 is 2.08 bits per heavy atom. The molecule has 0 bridgehead atoms. The topological polar surface area (TPSA) is 127 Å². The highest BCUT2D eigenvalue weighted by Gasteiger charge is 2.15. The molecule has 5 aromatic rings. The molecule has 3 aromatic carbocycles.